The molecule has 1 saturated heterocycles. The summed E-state index contributed by atoms with van der Waals surface area (Å²) >= 11 is 0. The highest BCUT2D eigenvalue weighted by atomic mass is 19.4. The number of aldehydes is 1. The molecule has 6 nitrogen and oxygen atoms in total. The first-order valence-electron chi connectivity index (χ1n) is 11.4. The van der Waals surface area contributed by atoms with Crippen molar-refractivity contribution in [2.45, 2.75) is 51.6 Å². The molecule has 0 unspecified atom stereocenters. The average molecular weight is 489 g/mol. The number of halogens is 3. The maximum Gasteiger partial charge on any atom is 0.573 e. The molecule has 0 atom stereocenters. The fourth-order valence-corrected chi connectivity index (χ4v) is 4.37. The Morgan fingerprint density at radius 3 is 2.26 bits per heavy atom. The van der Waals surface area contributed by atoms with E-state index in [9.17, 15) is 22.8 Å². The van der Waals surface area contributed by atoms with Crippen molar-refractivity contribution in [2.75, 3.05) is 13.1 Å². The monoisotopic (exact) mass is 488 g/mol. The Kier molecular flexibility index (Phi) is 6.53. The highest BCUT2D eigenvalue weighted by molar-refractivity contribution is 5.99. The average Bonchev–Trinajstić information content (AvgIpc) is 3.16. The Labute approximate surface area is 201 Å². The third-order valence-electron chi connectivity index (χ3n) is 5.90. The van der Waals surface area contributed by atoms with Gasteiger partial charge in [-0.2, -0.15) is 0 Å². The van der Waals surface area contributed by atoms with Gasteiger partial charge >= 0.3 is 12.5 Å². The first kappa shape index (κ1) is 24.6. The summed E-state index contributed by atoms with van der Waals surface area (Å²) in [6.07, 6.45) is -0.921. The van der Waals surface area contributed by atoms with E-state index >= 15 is 0 Å². The Morgan fingerprint density at radius 2 is 1.69 bits per heavy atom. The molecule has 186 valence electrons. The number of carbonyl (C=O) groups excluding carboxylic acids is 2. The number of ether oxygens (including phenoxy) is 2. The third-order valence-corrected chi connectivity index (χ3v) is 5.90. The topological polar surface area (TPSA) is 60.8 Å². The van der Waals surface area contributed by atoms with Gasteiger partial charge in [-0.1, -0.05) is 12.1 Å². The van der Waals surface area contributed by atoms with Gasteiger partial charge in [-0.15, -0.1) is 13.2 Å². The molecule has 0 saturated carbocycles. The van der Waals surface area contributed by atoms with Gasteiger partial charge in [-0.25, -0.2) is 4.79 Å². The van der Waals surface area contributed by atoms with Gasteiger partial charge in [-0.3, -0.25) is 4.79 Å². The van der Waals surface area contributed by atoms with Crippen LogP contribution in [0.25, 0.3) is 22.0 Å². The second-order valence-electron chi connectivity index (χ2n) is 9.62. The van der Waals surface area contributed by atoms with Crippen LogP contribution in [0.5, 0.6) is 5.75 Å². The molecular formula is C26H27F3N2O4. The van der Waals surface area contributed by atoms with Crippen molar-refractivity contribution in [3.63, 3.8) is 0 Å². The van der Waals surface area contributed by atoms with E-state index < -0.39 is 12.0 Å². The summed E-state index contributed by atoms with van der Waals surface area (Å²) in [7, 11) is 0. The summed E-state index contributed by atoms with van der Waals surface area (Å²) in [5.74, 6) is -0.298. The standard InChI is InChI=1S/C26H27F3N2O4/c1-25(2,3)35-24(33)30-12-10-19(11-13-30)31-15-22(21-14-17(16-32)4-9-23(21)31)18-5-7-20(8-6-18)34-26(27,28)29/h4-9,14-16,19H,10-13H2,1-3H3. The minimum absolute atomic E-state index is 0.111. The minimum atomic E-state index is -4.76. The van der Waals surface area contributed by atoms with Crippen LogP contribution in [0.15, 0.2) is 48.7 Å². The third kappa shape index (κ3) is 5.78. The molecule has 0 aliphatic carbocycles. The van der Waals surface area contributed by atoms with Crippen LogP contribution in [0.1, 0.15) is 50.0 Å². The Morgan fingerprint density at radius 1 is 1.03 bits per heavy atom. The number of hydrogen-bond acceptors (Lipinski definition) is 4. The molecule has 0 N–H and O–H groups in total. The van der Waals surface area contributed by atoms with E-state index in [-0.39, 0.29) is 17.9 Å². The van der Waals surface area contributed by atoms with Gasteiger partial charge in [0.25, 0.3) is 0 Å². The lowest BCUT2D eigenvalue weighted by Crippen LogP contribution is -2.42. The smallest absolute Gasteiger partial charge is 0.444 e. The maximum absolute atomic E-state index is 12.5. The lowest BCUT2D eigenvalue weighted by atomic mass is 10.0. The molecule has 9 heteroatoms. The van der Waals surface area contributed by atoms with Crippen molar-refractivity contribution in [1.82, 2.24) is 9.47 Å². The Bertz CT molecular complexity index is 1220. The zero-order valence-corrected chi connectivity index (χ0v) is 19.8. The summed E-state index contributed by atoms with van der Waals surface area (Å²) in [4.78, 5) is 25.5. The number of aromatic nitrogens is 1. The maximum atomic E-state index is 12.5. The van der Waals surface area contributed by atoms with Crippen molar-refractivity contribution in [3.8, 4) is 16.9 Å². The highest BCUT2D eigenvalue weighted by Crippen LogP contribution is 2.37. The van der Waals surface area contributed by atoms with Crippen LogP contribution in [0, 0.1) is 0 Å². The zero-order chi connectivity index (χ0) is 25.4. The van der Waals surface area contributed by atoms with E-state index in [1.807, 2.05) is 33.0 Å². The number of nitrogens with zero attached hydrogens (tertiary/aromatic N) is 2. The molecule has 0 bridgehead atoms. The van der Waals surface area contributed by atoms with E-state index in [4.69, 9.17) is 4.74 Å². The van der Waals surface area contributed by atoms with Crippen molar-refractivity contribution < 1.29 is 32.2 Å². The first-order chi connectivity index (χ1) is 16.4. The SMILES string of the molecule is CC(C)(C)OC(=O)N1CCC(n2cc(-c3ccc(OC(F)(F)F)cc3)c3cc(C=O)ccc32)CC1. The van der Waals surface area contributed by atoms with E-state index in [2.05, 4.69) is 9.30 Å². The predicted molar refractivity (Wildman–Crippen MR) is 126 cm³/mol. The number of likely N-dealkylation sites (tertiary alicyclic amines) is 1. The Hall–Kier alpha value is -3.49. The van der Waals surface area contributed by atoms with Crippen LogP contribution in [-0.2, 0) is 4.74 Å². The number of carbonyl (C=O) groups is 2. The molecule has 1 amide bonds. The molecule has 2 aromatic carbocycles. The van der Waals surface area contributed by atoms with Crippen LogP contribution >= 0.6 is 0 Å². The molecule has 0 radical (unpaired) electrons. The van der Waals surface area contributed by atoms with Crippen molar-refractivity contribution in [2.24, 2.45) is 0 Å². The van der Waals surface area contributed by atoms with Crippen LogP contribution in [-0.4, -0.2) is 46.9 Å². The van der Waals surface area contributed by atoms with E-state index in [1.54, 1.807) is 29.2 Å². The molecule has 1 aliphatic rings. The lowest BCUT2D eigenvalue weighted by Gasteiger charge is -2.34. The molecule has 0 spiro atoms. The minimum Gasteiger partial charge on any atom is -0.444 e. The fraction of sp³-hybridized carbons (Fsp3) is 0.385. The second kappa shape index (κ2) is 9.28. The van der Waals surface area contributed by atoms with Crippen molar-refractivity contribution in [3.05, 3.63) is 54.2 Å². The normalized spacial score (nSPS) is 15.3. The number of benzene rings is 2. The quantitative estimate of drug-likeness (QED) is 0.389. The number of rotatable bonds is 4. The number of amides is 1. The molecule has 2 heterocycles. The number of fused-ring (bicyclic) bond motifs is 1. The number of hydrogen-bond donors (Lipinski definition) is 0. The van der Waals surface area contributed by atoms with Gasteiger partial charge in [0.1, 0.15) is 17.6 Å². The number of alkyl halides is 3. The summed E-state index contributed by atoms with van der Waals surface area (Å²) in [6, 6.07) is 11.2. The molecule has 35 heavy (non-hydrogen) atoms. The molecule has 3 aromatic rings. The van der Waals surface area contributed by atoms with E-state index in [0.717, 1.165) is 35.6 Å². The van der Waals surface area contributed by atoms with Gasteiger partial charge in [0.05, 0.1) is 0 Å². The van der Waals surface area contributed by atoms with Gasteiger partial charge in [0.2, 0.25) is 0 Å². The van der Waals surface area contributed by atoms with E-state index in [0.29, 0.717) is 24.2 Å². The van der Waals surface area contributed by atoms with Crippen LogP contribution in [0.3, 0.4) is 0 Å². The largest absolute Gasteiger partial charge is 0.573 e. The van der Waals surface area contributed by atoms with E-state index in [1.165, 1.54) is 12.1 Å². The first-order valence-corrected chi connectivity index (χ1v) is 11.4. The lowest BCUT2D eigenvalue weighted by molar-refractivity contribution is -0.274. The molecule has 1 aliphatic heterocycles. The summed E-state index contributed by atoms with van der Waals surface area (Å²) in [5, 5.41) is 0.827. The number of piperidine rings is 1. The van der Waals surface area contributed by atoms with Crippen molar-refractivity contribution >= 4 is 23.3 Å². The predicted octanol–water partition coefficient (Wildman–Crippen LogP) is 6.59. The van der Waals surface area contributed by atoms with Crippen LogP contribution in [0.2, 0.25) is 0 Å². The van der Waals surface area contributed by atoms with Gasteiger partial charge < -0.3 is 18.9 Å². The van der Waals surface area contributed by atoms with Crippen LogP contribution in [0.4, 0.5) is 18.0 Å². The summed E-state index contributed by atoms with van der Waals surface area (Å²) in [5.41, 5.74) is 2.37. The molecule has 1 aromatic heterocycles. The van der Waals surface area contributed by atoms with Crippen LogP contribution < -0.4 is 4.74 Å². The second-order valence-corrected chi connectivity index (χ2v) is 9.62. The highest BCUT2D eigenvalue weighted by Gasteiger charge is 2.31. The summed E-state index contributed by atoms with van der Waals surface area (Å²) < 4.78 is 49.2. The zero-order valence-electron chi connectivity index (χ0n) is 19.8. The van der Waals surface area contributed by atoms with Gasteiger partial charge in [-0.05, 0) is 69.5 Å². The Balaban J connectivity index is 1.62. The summed E-state index contributed by atoms with van der Waals surface area (Å²) in [6.45, 7) is 6.59. The van der Waals surface area contributed by atoms with Gasteiger partial charge in [0.15, 0.2) is 0 Å². The molecule has 1 fully saturated rings. The fourth-order valence-electron chi connectivity index (χ4n) is 4.37. The molecular weight excluding hydrogens is 461 g/mol. The molecule has 4 rings (SSSR count). The van der Waals surface area contributed by atoms with Crippen molar-refractivity contribution in [1.29, 1.82) is 0 Å². The van der Waals surface area contributed by atoms with Gasteiger partial charge in [0, 0.05) is 47.4 Å².